The first-order valence-electron chi connectivity index (χ1n) is 13.5. The SMILES string of the molecule is COc1cccc(NC(C(=O)O[C@H]2C[N+]3(CC(=O)c4ccccc4)CCC2CC3)c2csc3ccccc23)c1. The molecule has 7 rings (SSSR count). The number of benzene rings is 3. The zero-order valence-electron chi connectivity index (χ0n) is 22.0. The van der Waals surface area contributed by atoms with Gasteiger partial charge in [-0.2, -0.15) is 0 Å². The van der Waals surface area contributed by atoms with Crippen molar-refractivity contribution in [1.82, 2.24) is 0 Å². The molecule has 0 saturated carbocycles. The van der Waals surface area contributed by atoms with Gasteiger partial charge in [-0.15, -0.1) is 11.3 Å². The molecule has 0 spiro atoms. The zero-order valence-corrected chi connectivity index (χ0v) is 22.9. The molecule has 2 bridgehead atoms. The lowest BCUT2D eigenvalue weighted by atomic mass is 9.82. The van der Waals surface area contributed by atoms with Crippen LogP contribution in [0.25, 0.3) is 10.1 Å². The number of nitrogens with one attached hydrogen (secondary N) is 1. The molecule has 1 N–H and O–H groups in total. The van der Waals surface area contributed by atoms with Crippen LogP contribution in [0, 0.1) is 5.92 Å². The first-order chi connectivity index (χ1) is 19.0. The Morgan fingerprint density at radius 3 is 2.56 bits per heavy atom. The van der Waals surface area contributed by atoms with Gasteiger partial charge in [0.25, 0.3) is 0 Å². The molecule has 2 atom stereocenters. The number of hydrogen-bond donors (Lipinski definition) is 1. The van der Waals surface area contributed by atoms with Gasteiger partial charge in [0.15, 0.2) is 12.1 Å². The molecule has 200 valence electrons. The number of rotatable bonds is 9. The Kier molecular flexibility index (Phi) is 7.11. The van der Waals surface area contributed by atoms with Gasteiger partial charge in [0.2, 0.25) is 5.78 Å². The number of piperidine rings is 3. The monoisotopic (exact) mass is 541 g/mol. The minimum absolute atomic E-state index is 0.156. The lowest BCUT2D eigenvalue weighted by Crippen LogP contribution is -2.65. The van der Waals surface area contributed by atoms with Crippen molar-refractivity contribution in [3.63, 3.8) is 0 Å². The Morgan fingerprint density at radius 1 is 1.00 bits per heavy atom. The zero-order chi connectivity index (χ0) is 26.8. The molecule has 3 saturated heterocycles. The second kappa shape index (κ2) is 10.8. The molecular formula is C32H33N2O4S+. The number of ketones is 1. The highest BCUT2D eigenvalue weighted by Crippen LogP contribution is 2.38. The highest BCUT2D eigenvalue weighted by molar-refractivity contribution is 7.17. The molecule has 6 nitrogen and oxygen atoms in total. The average Bonchev–Trinajstić information content (AvgIpc) is 3.40. The second-order valence-electron chi connectivity index (χ2n) is 10.7. The van der Waals surface area contributed by atoms with Crippen LogP contribution in [0.1, 0.15) is 34.8 Å². The third kappa shape index (κ3) is 5.29. The van der Waals surface area contributed by atoms with Crippen molar-refractivity contribution in [2.24, 2.45) is 5.92 Å². The van der Waals surface area contributed by atoms with Gasteiger partial charge in [0.05, 0.1) is 20.2 Å². The van der Waals surface area contributed by atoms with Crippen molar-refractivity contribution in [3.05, 3.63) is 95.4 Å². The Hall–Kier alpha value is -3.68. The maximum absolute atomic E-state index is 14.0. The largest absolute Gasteiger partial charge is 0.497 e. The first-order valence-corrected chi connectivity index (χ1v) is 14.4. The van der Waals surface area contributed by atoms with Gasteiger partial charge in [0.1, 0.15) is 18.8 Å². The van der Waals surface area contributed by atoms with Gasteiger partial charge in [-0.25, -0.2) is 4.79 Å². The topological polar surface area (TPSA) is 64.6 Å². The van der Waals surface area contributed by atoms with E-state index in [9.17, 15) is 9.59 Å². The van der Waals surface area contributed by atoms with Gasteiger partial charge in [-0.1, -0.05) is 54.6 Å². The van der Waals surface area contributed by atoms with E-state index in [0.29, 0.717) is 29.2 Å². The van der Waals surface area contributed by atoms with E-state index in [1.54, 1.807) is 18.4 Å². The number of esters is 1. The number of anilines is 1. The summed E-state index contributed by atoms with van der Waals surface area (Å²) in [7, 11) is 1.63. The average molecular weight is 542 g/mol. The summed E-state index contributed by atoms with van der Waals surface area (Å²) in [4.78, 5) is 27.1. The number of methoxy groups -OCH3 is 1. The molecule has 3 aliphatic heterocycles. The van der Waals surface area contributed by atoms with Crippen LogP contribution in [0.5, 0.6) is 5.75 Å². The van der Waals surface area contributed by atoms with Crippen molar-refractivity contribution in [2.75, 3.05) is 38.6 Å². The molecule has 0 aliphatic carbocycles. The van der Waals surface area contributed by atoms with Gasteiger partial charge in [0, 0.05) is 46.3 Å². The van der Waals surface area contributed by atoms with Gasteiger partial charge >= 0.3 is 5.97 Å². The lowest BCUT2D eigenvalue weighted by Gasteiger charge is -2.51. The molecule has 3 aliphatic rings. The minimum Gasteiger partial charge on any atom is -0.497 e. The molecule has 4 heterocycles. The molecule has 0 radical (unpaired) electrons. The number of thiophene rings is 1. The van der Waals surface area contributed by atoms with Crippen molar-refractivity contribution < 1.29 is 23.5 Å². The van der Waals surface area contributed by atoms with Crippen molar-refractivity contribution in [3.8, 4) is 5.75 Å². The quantitative estimate of drug-likeness (QED) is 0.158. The van der Waals surface area contributed by atoms with E-state index in [4.69, 9.17) is 9.47 Å². The number of ether oxygens (including phenoxy) is 2. The summed E-state index contributed by atoms with van der Waals surface area (Å²) in [5.41, 5.74) is 2.45. The van der Waals surface area contributed by atoms with Crippen LogP contribution in [-0.4, -0.2) is 55.6 Å². The summed E-state index contributed by atoms with van der Waals surface area (Å²) >= 11 is 1.63. The standard InChI is InChI=1S/C32H33N2O4S/c1-37-25-11-7-10-24(18-25)33-31(27-21-39-30-13-6-5-12-26(27)30)32(36)38-29-20-34(16-14-23(29)15-17-34)19-28(35)22-8-3-2-4-9-22/h2-13,18,21,23,29,31,33H,14-17,19-20H2,1H3/q+1/t23?,29-,31?,34?/m0/s1. The molecule has 3 fully saturated rings. The van der Waals surface area contributed by atoms with Crippen LogP contribution in [0.4, 0.5) is 5.69 Å². The lowest BCUT2D eigenvalue weighted by molar-refractivity contribution is -0.938. The molecule has 0 amide bonds. The molecule has 3 aromatic carbocycles. The third-order valence-corrected chi connectivity index (χ3v) is 9.30. The van der Waals surface area contributed by atoms with Crippen LogP contribution in [0.15, 0.2) is 84.2 Å². The molecular weight excluding hydrogens is 508 g/mol. The predicted molar refractivity (Wildman–Crippen MR) is 154 cm³/mol. The molecule has 1 unspecified atom stereocenters. The third-order valence-electron chi connectivity index (χ3n) is 8.32. The van der Waals surface area contributed by atoms with Crippen molar-refractivity contribution >= 4 is 38.9 Å². The smallest absolute Gasteiger partial charge is 0.333 e. The number of fused-ring (bicyclic) bond motifs is 4. The molecule has 1 aromatic heterocycles. The maximum Gasteiger partial charge on any atom is 0.333 e. The van der Waals surface area contributed by atoms with Crippen LogP contribution >= 0.6 is 11.3 Å². The number of Topliss-reactive ketones (excluding diaryl/α,β-unsaturated/α-hetero) is 1. The van der Waals surface area contributed by atoms with Gasteiger partial charge in [-0.3, -0.25) is 4.79 Å². The molecule has 39 heavy (non-hydrogen) atoms. The van der Waals surface area contributed by atoms with E-state index in [1.807, 2.05) is 72.1 Å². The van der Waals surface area contributed by atoms with Gasteiger partial charge < -0.3 is 19.3 Å². The molecule has 4 aromatic rings. The summed E-state index contributed by atoms with van der Waals surface area (Å²) in [6.45, 7) is 3.05. The molecule has 7 heteroatoms. The van der Waals surface area contributed by atoms with Crippen molar-refractivity contribution in [1.29, 1.82) is 0 Å². The van der Waals surface area contributed by atoms with E-state index in [-0.39, 0.29) is 17.9 Å². The van der Waals surface area contributed by atoms with Crippen LogP contribution in [-0.2, 0) is 9.53 Å². The van der Waals surface area contributed by atoms with E-state index >= 15 is 0 Å². The second-order valence-corrected chi connectivity index (χ2v) is 11.6. The Bertz CT molecular complexity index is 1480. The Balaban J connectivity index is 1.24. The fourth-order valence-electron chi connectivity index (χ4n) is 6.18. The Labute approximate surface area is 232 Å². The number of carbonyl (C=O) groups is 2. The number of carbonyl (C=O) groups excluding carboxylic acids is 2. The summed E-state index contributed by atoms with van der Waals surface area (Å²) in [6, 6.07) is 24.6. The predicted octanol–water partition coefficient (Wildman–Crippen LogP) is 6.10. The maximum atomic E-state index is 14.0. The number of nitrogens with zero attached hydrogens (tertiary/aromatic N) is 1. The first kappa shape index (κ1) is 25.6. The van der Waals surface area contributed by atoms with Gasteiger partial charge in [-0.05, 0) is 29.0 Å². The fourth-order valence-corrected chi connectivity index (χ4v) is 7.17. The van der Waals surface area contributed by atoms with E-state index in [0.717, 1.165) is 52.8 Å². The van der Waals surface area contributed by atoms with E-state index in [1.165, 1.54) is 0 Å². The highest BCUT2D eigenvalue weighted by Gasteiger charge is 2.49. The minimum atomic E-state index is -0.664. The number of quaternary nitrogens is 1. The normalized spacial score (nSPS) is 22.8. The number of hydrogen-bond acceptors (Lipinski definition) is 6. The van der Waals surface area contributed by atoms with Crippen LogP contribution in [0.3, 0.4) is 0 Å². The Morgan fingerprint density at radius 2 is 1.77 bits per heavy atom. The van der Waals surface area contributed by atoms with Crippen molar-refractivity contribution in [2.45, 2.75) is 25.0 Å². The summed E-state index contributed by atoms with van der Waals surface area (Å²) in [6.07, 6.45) is 1.73. The fraction of sp³-hybridized carbons (Fsp3) is 0.312. The highest BCUT2D eigenvalue weighted by atomic mass is 32.1. The van der Waals surface area contributed by atoms with Crippen LogP contribution < -0.4 is 10.1 Å². The van der Waals surface area contributed by atoms with Crippen LogP contribution in [0.2, 0.25) is 0 Å². The summed E-state index contributed by atoms with van der Waals surface area (Å²) < 4.78 is 13.6. The summed E-state index contributed by atoms with van der Waals surface area (Å²) in [5, 5.41) is 6.53. The van der Waals surface area contributed by atoms with E-state index in [2.05, 4.69) is 17.4 Å². The van der Waals surface area contributed by atoms with E-state index < -0.39 is 6.04 Å². The summed E-state index contributed by atoms with van der Waals surface area (Å²) in [5.74, 6) is 0.919.